The number of hydrogen-bond acceptors (Lipinski definition) is 3. The highest BCUT2D eigenvalue weighted by Crippen LogP contribution is 2.34. The van der Waals surface area contributed by atoms with Gasteiger partial charge in [0.15, 0.2) is 0 Å². The van der Waals surface area contributed by atoms with Gasteiger partial charge < -0.3 is 14.7 Å². The highest BCUT2D eigenvalue weighted by atomic mass is 16.5. The molecule has 0 aromatic rings. The molecule has 0 radical (unpaired) electrons. The van der Waals surface area contributed by atoms with Crippen molar-refractivity contribution in [2.75, 3.05) is 26.8 Å². The molecule has 1 N–H and O–H groups in total. The maximum absolute atomic E-state index is 12.0. The monoisotopic (exact) mass is 257 g/mol. The van der Waals surface area contributed by atoms with Crippen molar-refractivity contribution >= 4 is 5.91 Å². The van der Waals surface area contributed by atoms with E-state index in [1.165, 1.54) is 0 Å². The molecule has 106 valence electrons. The summed E-state index contributed by atoms with van der Waals surface area (Å²) in [5.74, 6) is 0.739. The molecule has 1 heterocycles. The van der Waals surface area contributed by atoms with Crippen LogP contribution in [-0.2, 0) is 9.53 Å². The highest BCUT2D eigenvalue weighted by Gasteiger charge is 2.30. The zero-order valence-electron chi connectivity index (χ0n) is 12.1. The number of β-amino-alcohol motifs (C(OH)–C–C–N with tert-alkyl or cyclic N) is 1. The van der Waals surface area contributed by atoms with Crippen molar-refractivity contribution in [3.63, 3.8) is 0 Å². The molecule has 1 fully saturated rings. The number of carbonyl (C=O) groups excluding carboxylic acids is 1. The van der Waals surface area contributed by atoms with Gasteiger partial charge in [0, 0.05) is 26.6 Å². The molecule has 1 aliphatic heterocycles. The molecule has 0 aromatic heterocycles. The quantitative estimate of drug-likeness (QED) is 0.833. The summed E-state index contributed by atoms with van der Waals surface area (Å²) < 4.78 is 4.90. The lowest BCUT2D eigenvalue weighted by atomic mass is 9.77. The summed E-state index contributed by atoms with van der Waals surface area (Å²) in [6, 6.07) is 0. The molecule has 0 bridgehead atoms. The van der Waals surface area contributed by atoms with E-state index in [9.17, 15) is 9.90 Å². The summed E-state index contributed by atoms with van der Waals surface area (Å²) in [5, 5.41) is 9.72. The first-order valence-corrected chi connectivity index (χ1v) is 6.79. The molecule has 0 aliphatic carbocycles. The topological polar surface area (TPSA) is 49.8 Å². The molecule has 18 heavy (non-hydrogen) atoms. The van der Waals surface area contributed by atoms with Gasteiger partial charge in [0.05, 0.1) is 12.7 Å². The van der Waals surface area contributed by atoms with Crippen LogP contribution in [0.15, 0.2) is 0 Å². The molecular weight excluding hydrogens is 230 g/mol. The maximum Gasteiger partial charge on any atom is 0.222 e. The van der Waals surface area contributed by atoms with Crippen LogP contribution in [0.5, 0.6) is 0 Å². The Labute approximate surface area is 110 Å². The number of carbonyl (C=O) groups is 1. The Hall–Kier alpha value is -0.610. The van der Waals surface area contributed by atoms with Crippen LogP contribution in [-0.4, -0.2) is 48.8 Å². The zero-order valence-corrected chi connectivity index (χ0v) is 12.1. The molecular formula is C14H27NO3. The summed E-state index contributed by atoms with van der Waals surface area (Å²) in [7, 11) is 1.56. The van der Waals surface area contributed by atoms with Gasteiger partial charge in [-0.05, 0) is 24.2 Å². The number of methoxy groups -OCH3 is 1. The van der Waals surface area contributed by atoms with E-state index in [1.807, 2.05) is 0 Å². The maximum atomic E-state index is 12.0. The van der Waals surface area contributed by atoms with Gasteiger partial charge in [0.25, 0.3) is 0 Å². The van der Waals surface area contributed by atoms with Crippen molar-refractivity contribution in [1.82, 2.24) is 4.90 Å². The molecule has 0 unspecified atom stereocenters. The van der Waals surface area contributed by atoms with Crippen molar-refractivity contribution in [1.29, 1.82) is 0 Å². The van der Waals surface area contributed by atoms with Gasteiger partial charge in [-0.1, -0.05) is 20.8 Å². The Morgan fingerprint density at radius 1 is 1.44 bits per heavy atom. The minimum absolute atomic E-state index is 0.164. The number of aliphatic hydroxyl groups is 1. The minimum atomic E-state index is -0.579. The Morgan fingerprint density at radius 3 is 2.67 bits per heavy atom. The third-order valence-corrected chi connectivity index (χ3v) is 3.82. The first-order valence-electron chi connectivity index (χ1n) is 6.79. The van der Waals surface area contributed by atoms with E-state index in [1.54, 1.807) is 12.0 Å². The number of amides is 1. The second kappa shape index (κ2) is 6.53. The van der Waals surface area contributed by atoms with Crippen LogP contribution in [0, 0.1) is 11.3 Å². The van der Waals surface area contributed by atoms with E-state index in [2.05, 4.69) is 20.8 Å². The molecule has 1 amide bonds. The summed E-state index contributed by atoms with van der Waals surface area (Å²) in [5.41, 5.74) is 0.251. The lowest BCUT2D eigenvalue weighted by molar-refractivity contribution is -0.132. The van der Waals surface area contributed by atoms with Crippen molar-refractivity contribution < 1.29 is 14.6 Å². The van der Waals surface area contributed by atoms with E-state index >= 15 is 0 Å². The molecule has 2 atom stereocenters. The number of ether oxygens (including phenoxy) is 1. The average Bonchev–Trinajstić information content (AvgIpc) is 2.41. The number of nitrogens with zero attached hydrogens (tertiary/aromatic N) is 1. The molecule has 1 aliphatic rings. The smallest absolute Gasteiger partial charge is 0.222 e. The first kappa shape index (κ1) is 15.4. The van der Waals surface area contributed by atoms with E-state index < -0.39 is 6.10 Å². The lowest BCUT2D eigenvalue weighted by Crippen LogP contribution is -2.38. The molecule has 0 aromatic carbocycles. The summed E-state index contributed by atoms with van der Waals surface area (Å²) in [6.45, 7) is 8.13. The predicted molar refractivity (Wildman–Crippen MR) is 71.3 cm³/mol. The third-order valence-electron chi connectivity index (χ3n) is 3.82. The second-order valence-electron chi connectivity index (χ2n) is 6.34. The third kappa shape index (κ3) is 4.58. The Morgan fingerprint density at radius 2 is 2.11 bits per heavy atom. The molecule has 4 nitrogen and oxygen atoms in total. The molecule has 1 saturated heterocycles. The molecule has 0 spiro atoms. The van der Waals surface area contributed by atoms with Crippen molar-refractivity contribution in [3.8, 4) is 0 Å². The summed E-state index contributed by atoms with van der Waals surface area (Å²) >= 11 is 0. The number of likely N-dealkylation sites (tertiary alicyclic amines) is 1. The SMILES string of the molecule is COC[C@H](O)CN1CC[C@H](C(C)(C)C)CCC1=O. The molecule has 1 rings (SSSR count). The normalized spacial score (nSPS) is 23.9. The molecule has 0 saturated carbocycles. The van der Waals surface area contributed by atoms with Crippen LogP contribution in [0.25, 0.3) is 0 Å². The van der Waals surface area contributed by atoms with Gasteiger partial charge in [-0.15, -0.1) is 0 Å². The van der Waals surface area contributed by atoms with Gasteiger partial charge in [-0.3, -0.25) is 4.79 Å². The predicted octanol–water partition coefficient (Wildman–Crippen LogP) is 1.67. The van der Waals surface area contributed by atoms with Crippen LogP contribution in [0.4, 0.5) is 0 Å². The Kier molecular flexibility index (Phi) is 5.60. The fourth-order valence-corrected chi connectivity index (χ4v) is 2.60. The van der Waals surface area contributed by atoms with Gasteiger partial charge in [-0.25, -0.2) is 0 Å². The fraction of sp³-hybridized carbons (Fsp3) is 0.929. The van der Waals surface area contributed by atoms with Crippen LogP contribution in [0.2, 0.25) is 0 Å². The average molecular weight is 257 g/mol. The van der Waals surface area contributed by atoms with Crippen LogP contribution >= 0.6 is 0 Å². The number of aliphatic hydroxyl groups excluding tert-OH is 1. The Bertz CT molecular complexity index is 273. The fourth-order valence-electron chi connectivity index (χ4n) is 2.60. The van der Waals surface area contributed by atoms with Crippen LogP contribution in [0.3, 0.4) is 0 Å². The molecule has 4 heteroatoms. The van der Waals surface area contributed by atoms with E-state index in [0.29, 0.717) is 18.9 Å². The highest BCUT2D eigenvalue weighted by molar-refractivity contribution is 5.76. The van der Waals surface area contributed by atoms with Gasteiger partial charge >= 0.3 is 0 Å². The van der Waals surface area contributed by atoms with Gasteiger partial charge in [0.1, 0.15) is 0 Å². The van der Waals surface area contributed by atoms with Crippen molar-refractivity contribution in [3.05, 3.63) is 0 Å². The number of rotatable bonds is 4. The van der Waals surface area contributed by atoms with Crippen LogP contribution in [0.1, 0.15) is 40.0 Å². The van der Waals surface area contributed by atoms with E-state index in [0.717, 1.165) is 19.4 Å². The zero-order chi connectivity index (χ0) is 13.8. The summed E-state index contributed by atoms with van der Waals surface area (Å²) in [6.07, 6.45) is 2.00. The first-order chi connectivity index (χ1) is 8.34. The lowest BCUT2D eigenvalue weighted by Gasteiger charge is -2.29. The van der Waals surface area contributed by atoms with Gasteiger partial charge in [-0.2, -0.15) is 0 Å². The van der Waals surface area contributed by atoms with Crippen molar-refractivity contribution in [2.45, 2.75) is 46.1 Å². The van der Waals surface area contributed by atoms with E-state index in [-0.39, 0.29) is 17.9 Å². The standard InChI is InChI=1S/C14H27NO3/c1-14(2,3)11-5-6-13(17)15(8-7-11)9-12(16)10-18-4/h11-12,16H,5-10H2,1-4H3/t11-,12-/m1/s1. The number of hydrogen-bond donors (Lipinski definition) is 1. The van der Waals surface area contributed by atoms with Crippen LogP contribution < -0.4 is 0 Å². The van der Waals surface area contributed by atoms with Crippen molar-refractivity contribution in [2.24, 2.45) is 11.3 Å². The summed E-state index contributed by atoms with van der Waals surface area (Å²) in [4.78, 5) is 13.8. The van der Waals surface area contributed by atoms with Gasteiger partial charge in [0.2, 0.25) is 5.91 Å². The second-order valence-corrected chi connectivity index (χ2v) is 6.34. The largest absolute Gasteiger partial charge is 0.389 e. The Balaban J connectivity index is 2.54. The van der Waals surface area contributed by atoms with E-state index in [4.69, 9.17) is 4.74 Å². The minimum Gasteiger partial charge on any atom is -0.389 e.